The number of allylic oxidation sites excluding steroid dienone is 1. The van der Waals surface area contributed by atoms with Gasteiger partial charge in [-0.1, -0.05) is 12.2 Å². The molecule has 2 saturated carbocycles. The summed E-state index contributed by atoms with van der Waals surface area (Å²) in [7, 11) is 0. The highest BCUT2D eigenvalue weighted by atomic mass is 16.5. The second-order valence-corrected chi connectivity index (χ2v) is 7.61. The van der Waals surface area contributed by atoms with Crippen molar-refractivity contribution >= 4 is 0 Å². The van der Waals surface area contributed by atoms with E-state index in [0.29, 0.717) is 12.2 Å². The Morgan fingerprint density at radius 2 is 1.19 bits per heavy atom. The molecule has 3 aliphatic rings. The molecule has 1 saturated heterocycles. The van der Waals surface area contributed by atoms with E-state index in [9.17, 15) is 0 Å². The Morgan fingerprint density at radius 1 is 0.619 bits per heavy atom. The van der Waals surface area contributed by atoms with Gasteiger partial charge >= 0.3 is 0 Å². The van der Waals surface area contributed by atoms with Crippen molar-refractivity contribution < 1.29 is 4.74 Å². The van der Waals surface area contributed by atoms with E-state index in [1.807, 2.05) is 6.08 Å². The van der Waals surface area contributed by atoms with E-state index in [2.05, 4.69) is 19.2 Å². The molecular weight excluding hydrogens is 256 g/mol. The van der Waals surface area contributed by atoms with Crippen LogP contribution in [0, 0.1) is 23.7 Å². The van der Waals surface area contributed by atoms with E-state index in [1.165, 1.54) is 64.2 Å². The van der Waals surface area contributed by atoms with Gasteiger partial charge in [0.15, 0.2) is 0 Å². The molecule has 1 aliphatic heterocycles. The van der Waals surface area contributed by atoms with Crippen LogP contribution in [0.1, 0.15) is 64.2 Å². The lowest BCUT2D eigenvalue weighted by atomic mass is 9.68. The first-order valence-corrected chi connectivity index (χ1v) is 9.20. The Morgan fingerprint density at radius 3 is 1.71 bits per heavy atom. The predicted octanol–water partition coefficient (Wildman–Crippen LogP) is 5.52. The van der Waals surface area contributed by atoms with Gasteiger partial charge in [0.25, 0.3) is 0 Å². The van der Waals surface area contributed by atoms with Gasteiger partial charge in [0.05, 0.1) is 12.2 Å². The molecule has 0 aromatic carbocycles. The lowest BCUT2D eigenvalue weighted by Gasteiger charge is -2.38. The SMILES string of the molecule is C=CC1CCC(C2CCC(C3CCC(C=C)O3)CC2)CC1. The summed E-state index contributed by atoms with van der Waals surface area (Å²) in [6, 6.07) is 0. The zero-order valence-corrected chi connectivity index (χ0v) is 13.5. The molecule has 0 spiro atoms. The van der Waals surface area contributed by atoms with Gasteiger partial charge < -0.3 is 4.74 Å². The molecule has 0 aromatic rings. The largest absolute Gasteiger partial charge is 0.371 e. The minimum absolute atomic E-state index is 0.335. The monoisotopic (exact) mass is 288 g/mol. The first kappa shape index (κ1) is 15.3. The van der Waals surface area contributed by atoms with Crippen molar-refractivity contribution in [3.05, 3.63) is 25.3 Å². The highest BCUT2D eigenvalue weighted by Crippen LogP contribution is 2.43. The molecule has 0 bridgehead atoms. The number of hydrogen-bond donors (Lipinski definition) is 0. The normalized spacial score (nSPS) is 44.4. The molecule has 0 N–H and O–H groups in total. The number of hydrogen-bond acceptors (Lipinski definition) is 1. The summed E-state index contributed by atoms with van der Waals surface area (Å²) in [6.07, 6.45) is 18.9. The molecular formula is C20H32O. The molecule has 118 valence electrons. The van der Waals surface area contributed by atoms with Crippen molar-refractivity contribution in [1.82, 2.24) is 0 Å². The Labute approximate surface area is 130 Å². The zero-order valence-electron chi connectivity index (χ0n) is 13.5. The van der Waals surface area contributed by atoms with Crippen molar-refractivity contribution in [2.24, 2.45) is 23.7 Å². The van der Waals surface area contributed by atoms with Gasteiger partial charge in [-0.15, -0.1) is 13.2 Å². The van der Waals surface area contributed by atoms with Gasteiger partial charge in [-0.3, -0.25) is 0 Å². The first-order valence-electron chi connectivity index (χ1n) is 9.20. The lowest BCUT2D eigenvalue weighted by molar-refractivity contribution is 0.00831. The molecule has 2 atom stereocenters. The molecule has 0 radical (unpaired) electrons. The molecule has 0 aromatic heterocycles. The Balaban J connectivity index is 1.43. The van der Waals surface area contributed by atoms with Gasteiger partial charge in [0.1, 0.15) is 0 Å². The summed E-state index contributed by atoms with van der Waals surface area (Å²) in [5, 5.41) is 0. The van der Waals surface area contributed by atoms with Gasteiger partial charge in [-0.2, -0.15) is 0 Å². The lowest BCUT2D eigenvalue weighted by Crippen LogP contribution is -2.30. The summed E-state index contributed by atoms with van der Waals surface area (Å²) in [5.74, 6) is 3.65. The van der Waals surface area contributed by atoms with Crippen LogP contribution in [0.25, 0.3) is 0 Å². The third kappa shape index (κ3) is 3.62. The van der Waals surface area contributed by atoms with Crippen molar-refractivity contribution in [3.8, 4) is 0 Å². The summed E-state index contributed by atoms with van der Waals surface area (Å²) < 4.78 is 6.13. The summed E-state index contributed by atoms with van der Waals surface area (Å²) in [5.41, 5.74) is 0. The molecule has 2 unspecified atom stereocenters. The van der Waals surface area contributed by atoms with Crippen LogP contribution >= 0.6 is 0 Å². The van der Waals surface area contributed by atoms with E-state index in [-0.39, 0.29) is 0 Å². The maximum Gasteiger partial charge on any atom is 0.0758 e. The maximum atomic E-state index is 6.13. The van der Waals surface area contributed by atoms with Crippen molar-refractivity contribution in [2.45, 2.75) is 76.4 Å². The number of rotatable bonds is 4. The fraction of sp³-hybridized carbons (Fsp3) is 0.800. The molecule has 1 heteroatoms. The fourth-order valence-corrected chi connectivity index (χ4v) is 5.05. The minimum Gasteiger partial charge on any atom is -0.371 e. The highest BCUT2D eigenvalue weighted by molar-refractivity contribution is 4.92. The quantitative estimate of drug-likeness (QED) is 0.619. The molecule has 3 fully saturated rings. The van der Waals surface area contributed by atoms with Gasteiger partial charge in [-0.25, -0.2) is 0 Å². The number of ether oxygens (including phenoxy) is 1. The molecule has 1 nitrogen and oxygen atoms in total. The smallest absolute Gasteiger partial charge is 0.0758 e. The van der Waals surface area contributed by atoms with Crippen LogP contribution in [-0.2, 0) is 4.74 Å². The van der Waals surface area contributed by atoms with Crippen LogP contribution in [0.4, 0.5) is 0 Å². The second-order valence-electron chi connectivity index (χ2n) is 7.61. The highest BCUT2D eigenvalue weighted by Gasteiger charge is 2.35. The maximum absolute atomic E-state index is 6.13. The Bertz CT molecular complexity index is 345. The molecule has 0 amide bonds. The summed E-state index contributed by atoms with van der Waals surface area (Å²) >= 11 is 0. The van der Waals surface area contributed by atoms with E-state index in [4.69, 9.17) is 4.74 Å². The van der Waals surface area contributed by atoms with Gasteiger partial charge in [0.2, 0.25) is 0 Å². The van der Waals surface area contributed by atoms with E-state index < -0.39 is 0 Å². The van der Waals surface area contributed by atoms with E-state index in [1.54, 1.807) is 0 Å². The third-order valence-electron chi connectivity index (χ3n) is 6.51. The molecule has 21 heavy (non-hydrogen) atoms. The third-order valence-corrected chi connectivity index (χ3v) is 6.51. The van der Waals surface area contributed by atoms with Crippen LogP contribution in [0.3, 0.4) is 0 Å². The molecule has 1 heterocycles. The first-order chi connectivity index (χ1) is 10.3. The standard InChI is InChI=1S/C20H32O/c1-3-15-5-7-16(8-6-15)17-9-11-18(12-10-17)20-14-13-19(4-2)21-20/h3-4,15-20H,1-2,5-14H2. The van der Waals surface area contributed by atoms with Crippen molar-refractivity contribution in [3.63, 3.8) is 0 Å². The zero-order chi connectivity index (χ0) is 14.7. The van der Waals surface area contributed by atoms with Crippen LogP contribution in [-0.4, -0.2) is 12.2 Å². The molecule has 2 aliphatic carbocycles. The van der Waals surface area contributed by atoms with Crippen LogP contribution in [0.5, 0.6) is 0 Å². The predicted molar refractivity (Wildman–Crippen MR) is 89.2 cm³/mol. The van der Waals surface area contributed by atoms with Gasteiger partial charge in [0, 0.05) is 0 Å². The Hall–Kier alpha value is -0.560. The average Bonchev–Trinajstić information content (AvgIpc) is 3.04. The minimum atomic E-state index is 0.335. The average molecular weight is 288 g/mol. The fourth-order valence-electron chi connectivity index (χ4n) is 5.05. The topological polar surface area (TPSA) is 9.23 Å². The van der Waals surface area contributed by atoms with Crippen LogP contribution < -0.4 is 0 Å². The Kier molecular flexibility index (Phi) is 5.21. The summed E-state index contributed by atoms with van der Waals surface area (Å²) in [4.78, 5) is 0. The van der Waals surface area contributed by atoms with Crippen molar-refractivity contribution in [2.75, 3.05) is 0 Å². The summed E-state index contributed by atoms with van der Waals surface area (Å²) in [6.45, 7) is 7.84. The van der Waals surface area contributed by atoms with Gasteiger partial charge in [-0.05, 0) is 87.9 Å². The second kappa shape index (κ2) is 7.13. The van der Waals surface area contributed by atoms with Crippen LogP contribution in [0.2, 0.25) is 0 Å². The van der Waals surface area contributed by atoms with E-state index in [0.717, 1.165) is 23.7 Å². The van der Waals surface area contributed by atoms with Crippen LogP contribution in [0.15, 0.2) is 25.3 Å². The molecule has 3 rings (SSSR count). The van der Waals surface area contributed by atoms with Crippen molar-refractivity contribution in [1.29, 1.82) is 0 Å². The van der Waals surface area contributed by atoms with E-state index >= 15 is 0 Å².